The molecule has 0 amide bonds. The predicted molar refractivity (Wildman–Crippen MR) is 92.1 cm³/mol. The number of rotatable bonds is 5. The summed E-state index contributed by atoms with van der Waals surface area (Å²) in [7, 11) is 0. The van der Waals surface area contributed by atoms with E-state index in [1.807, 2.05) is 42.5 Å². The van der Waals surface area contributed by atoms with Gasteiger partial charge in [0.15, 0.2) is 0 Å². The second-order valence-corrected chi connectivity index (χ2v) is 5.44. The molecular formula is C17H17ClN4. The van der Waals surface area contributed by atoms with E-state index in [1.165, 1.54) is 0 Å². The normalized spacial score (nSPS) is 10.8. The van der Waals surface area contributed by atoms with Crippen LogP contribution in [0.2, 0.25) is 5.02 Å². The standard InChI is InChI=1S/C17H17ClN4/c18-13-6-4-12(5-7-13)15-11-16-14(3-1-9-20-16)17(22-15)21-10-2-8-19/h1,3-7,9,11H,2,8,10,19H2,(H,21,22). The van der Waals surface area contributed by atoms with Crippen LogP contribution < -0.4 is 11.1 Å². The third-order valence-electron chi connectivity index (χ3n) is 3.41. The number of fused-ring (bicyclic) bond motifs is 1. The fraction of sp³-hybridized carbons (Fsp3) is 0.176. The summed E-state index contributed by atoms with van der Waals surface area (Å²) in [6.07, 6.45) is 2.69. The average molecular weight is 313 g/mol. The smallest absolute Gasteiger partial charge is 0.136 e. The van der Waals surface area contributed by atoms with Crippen molar-refractivity contribution in [1.29, 1.82) is 0 Å². The number of hydrogen-bond acceptors (Lipinski definition) is 4. The van der Waals surface area contributed by atoms with Crippen LogP contribution in [-0.4, -0.2) is 23.1 Å². The zero-order valence-electron chi connectivity index (χ0n) is 12.1. The van der Waals surface area contributed by atoms with E-state index in [0.717, 1.165) is 40.9 Å². The van der Waals surface area contributed by atoms with Crippen molar-refractivity contribution < 1.29 is 0 Å². The van der Waals surface area contributed by atoms with E-state index in [0.29, 0.717) is 11.6 Å². The first kappa shape index (κ1) is 14.8. The SMILES string of the molecule is NCCCNc1nc(-c2ccc(Cl)cc2)cc2ncccc12. The van der Waals surface area contributed by atoms with Gasteiger partial charge in [-0.15, -0.1) is 0 Å². The average Bonchev–Trinajstić information content (AvgIpc) is 2.55. The minimum atomic E-state index is 0.653. The molecule has 0 aliphatic rings. The molecule has 0 radical (unpaired) electrons. The van der Waals surface area contributed by atoms with E-state index in [2.05, 4.69) is 10.3 Å². The molecule has 1 aromatic carbocycles. The Balaban J connectivity index is 2.05. The Bertz CT molecular complexity index is 771. The topological polar surface area (TPSA) is 63.8 Å². The van der Waals surface area contributed by atoms with Gasteiger partial charge in [-0.3, -0.25) is 4.98 Å². The lowest BCUT2D eigenvalue weighted by Crippen LogP contribution is -2.10. The van der Waals surface area contributed by atoms with Gasteiger partial charge in [-0.1, -0.05) is 23.7 Å². The van der Waals surface area contributed by atoms with Crippen LogP contribution in [-0.2, 0) is 0 Å². The molecule has 112 valence electrons. The molecule has 3 N–H and O–H groups in total. The Morgan fingerprint density at radius 3 is 2.73 bits per heavy atom. The molecule has 0 aliphatic carbocycles. The molecular weight excluding hydrogens is 296 g/mol. The molecule has 0 saturated carbocycles. The molecule has 0 saturated heterocycles. The van der Waals surface area contributed by atoms with Crippen LogP contribution in [0.4, 0.5) is 5.82 Å². The summed E-state index contributed by atoms with van der Waals surface area (Å²) in [6, 6.07) is 13.6. The zero-order valence-corrected chi connectivity index (χ0v) is 12.8. The van der Waals surface area contributed by atoms with Gasteiger partial charge in [0.2, 0.25) is 0 Å². The van der Waals surface area contributed by atoms with Gasteiger partial charge >= 0.3 is 0 Å². The van der Waals surface area contributed by atoms with E-state index in [-0.39, 0.29) is 0 Å². The van der Waals surface area contributed by atoms with Gasteiger partial charge < -0.3 is 11.1 Å². The highest BCUT2D eigenvalue weighted by Crippen LogP contribution is 2.27. The Hall–Kier alpha value is -2.17. The van der Waals surface area contributed by atoms with Gasteiger partial charge in [0, 0.05) is 28.7 Å². The number of halogens is 1. The third-order valence-corrected chi connectivity index (χ3v) is 3.66. The summed E-state index contributed by atoms with van der Waals surface area (Å²) < 4.78 is 0. The van der Waals surface area contributed by atoms with E-state index in [4.69, 9.17) is 22.3 Å². The Morgan fingerprint density at radius 1 is 1.14 bits per heavy atom. The fourth-order valence-corrected chi connectivity index (χ4v) is 2.41. The number of nitrogens with two attached hydrogens (primary N) is 1. The molecule has 0 atom stereocenters. The maximum absolute atomic E-state index is 5.95. The highest BCUT2D eigenvalue weighted by molar-refractivity contribution is 6.30. The summed E-state index contributed by atoms with van der Waals surface area (Å²) in [5.41, 5.74) is 8.36. The largest absolute Gasteiger partial charge is 0.369 e. The minimum Gasteiger partial charge on any atom is -0.369 e. The minimum absolute atomic E-state index is 0.653. The van der Waals surface area contributed by atoms with Gasteiger partial charge in [0.1, 0.15) is 5.82 Å². The summed E-state index contributed by atoms with van der Waals surface area (Å²) >= 11 is 5.95. The van der Waals surface area contributed by atoms with Crippen molar-refractivity contribution in [2.75, 3.05) is 18.4 Å². The Kier molecular flexibility index (Phi) is 4.51. The molecule has 4 nitrogen and oxygen atoms in total. The molecule has 0 fully saturated rings. The van der Waals surface area contributed by atoms with E-state index in [9.17, 15) is 0 Å². The molecule has 0 unspecified atom stereocenters. The van der Waals surface area contributed by atoms with E-state index < -0.39 is 0 Å². The lowest BCUT2D eigenvalue weighted by atomic mass is 10.1. The maximum Gasteiger partial charge on any atom is 0.136 e. The second kappa shape index (κ2) is 6.73. The predicted octanol–water partition coefficient (Wildman–Crippen LogP) is 3.71. The number of nitrogens with one attached hydrogen (secondary N) is 1. The number of benzene rings is 1. The highest BCUT2D eigenvalue weighted by atomic mass is 35.5. The monoisotopic (exact) mass is 312 g/mol. The number of aromatic nitrogens is 2. The molecule has 0 bridgehead atoms. The van der Waals surface area contributed by atoms with Crippen molar-refractivity contribution in [3.05, 3.63) is 53.7 Å². The van der Waals surface area contributed by atoms with Crippen LogP contribution in [0.1, 0.15) is 6.42 Å². The second-order valence-electron chi connectivity index (χ2n) is 5.00. The lowest BCUT2D eigenvalue weighted by molar-refractivity contribution is 0.871. The number of hydrogen-bond donors (Lipinski definition) is 2. The van der Waals surface area contributed by atoms with Crippen LogP contribution in [0.5, 0.6) is 0 Å². The summed E-state index contributed by atoms with van der Waals surface area (Å²) in [4.78, 5) is 9.18. The van der Waals surface area contributed by atoms with Crippen LogP contribution >= 0.6 is 11.6 Å². The van der Waals surface area contributed by atoms with Gasteiger partial charge in [-0.05, 0) is 43.3 Å². The molecule has 3 rings (SSSR count). The first-order valence-corrected chi connectivity index (χ1v) is 7.61. The Morgan fingerprint density at radius 2 is 1.95 bits per heavy atom. The van der Waals surface area contributed by atoms with Gasteiger partial charge in [0.05, 0.1) is 11.2 Å². The molecule has 22 heavy (non-hydrogen) atoms. The highest BCUT2D eigenvalue weighted by Gasteiger charge is 2.08. The van der Waals surface area contributed by atoms with E-state index in [1.54, 1.807) is 6.20 Å². The third kappa shape index (κ3) is 3.18. The number of nitrogens with zero attached hydrogens (tertiary/aromatic N) is 2. The molecule has 3 aromatic rings. The number of anilines is 1. The van der Waals surface area contributed by atoms with Crippen LogP contribution in [0.25, 0.3) is 22.2 Å². The quantitative estimate of drug-likeness (QED) is 0.705. The van der Waals surface area contributed by atoms with Crippen molar-refractivity contribution in [2.24, 2.45) is 5.73 Å². The first-order valence-electron chi connectivity index (χ1n) is 7.23. The van der Waals surface area contributed by atoms with Gasteiger partial charge in [-0.2, -0.15) is 0 Å². The molecule has 2 heterocycles. The van der Waals surface area contributed by atoms with Crippen LogP contribution in [0.3, 0.4) is 0 Å². The molecule has 5 heteroatoms. The van der Waals surface area contributed by atoms with Crippen molar-refractivity contribution >= 4 is 28.3 Å². The zero-order chi connectivity index (χ0) is 15.4. The van der Waals surface area contributed by atoms with Crippen molar-refractivity contribution in [2.45, 2.75) is 6.42 Å². The maximum atomic E-state index is 5.95. The van der Waals surface area contributed by atoms with Crippen LogP contribution in [0, 0.1) is 0 Å². The Labute approximate surface area is 134 Å². The first-order chi connectivity index (χ1) is 10.8. The fourth-order valence-electron chi connectivity index (χ4n) is 2.29. The lowest BCUT2D eigenvalue weighted by Gasteiger charge is -2.11. The summed E-state index contributed by atoms with van der Waals surface area (Å²) in [5.74, 6) is 0.837. The number of pyridine rings is 2. The van der Waals surface area contributed by atoms with E-state index >= 15 is 0 Å². The van der Waals surface area contributed by atoms with Gasteiger partial charge in [0.25, 0.3) is 0 Å². The molecule has 0 aliphatic heterocycles. The van der Waals surface area contributed by atoms with Crippen molar-refractivity contribution in [3.63, 3.8) is 0 Å². The van der Waals surface area contributed by atoms with Gasteiger partial charge in [-0.25, -0.2) is 4.98 Å². The van der Waals surface area contributed by atoms with Crippen LogP contribution in [0.15, 0.2) is 48.7 Å². The molecule has 0 spiro atoms. The van der Waals surface area contributed by atoms with Crippen molar-refractivity contribution in [3.8, 4) is 11.3 Å². The van der Waals surface area contributed by atoms with Crippen molar-refractivity contribution in [1.82, 2.24) is 9.97 Å². The summed E-state index contributed by atoms with van der Waals surface area (Å²) in [6.45, 7) is 1.44. The molecule has 2 aromatic heterocycles. The summed E-state index contributed by atoms with van der Waals surface area (Å²) in [5, 5.41) is 5.08.